The van der Waals surface area contributed by atoms with Crippen molar-refractivity contribution in [2.75, 3.05) is 18.6 Å². The van der Waals surface area contributed by atoms with Crippen LogP contribution in [0.2, 0.25) is 0 Å². The summed E-state index contributed by atoms with van der Waals surface area (Å²) in [7, 11) is 1.34. The molecular weight excluding hydrogens is 350 g/mol. The fourth-order valence-electron chi connectivity index (χ4n) is 4.13. The summed E-state index contributed by atoms with van der Waals surface area (Å²) in [5.74, 6) is 0.252. The van der Waals surface area contributed by atoms with Gasteiger partial charge in [0.1, 0.15) is 0 Å². The van der Waals surface area contributed by atoms with Gasteiger partial charge in [0.25, 0.3) is 0 Å². The molecule has 1 aliphatic carbocycles. The molecule has 0 unspecified atom stereocenters. The number of anilines is 2. The lowest BCUT2D eigenvalue weighted by molar-refractivity contribution is 0.0593. The molecule has 1 aliphatic rings. The van der Waals surface area contributed by atoms with Crippen molar-refractivity contribution >= 4 is 17.5 Å². The molecule has 1 aromatic carbocycles. The van der Waals surface area contributed by atoms with Gasteiger partial charge in [-0.2, -0.15) is 0 Å². The van der Waals surface area contributed by atoms with Gasteiger partial charge in [0.15, 0.2) is 11.5 Å². The van der Waals surface area contributed by atoms with Gasteiger partial charge in [-0.25, -0.2) is 14.8 Å². The first-order valence-corrected chi connectivity index (χ1v) is 9.94. The predicted molar refractivity (Wildman–Crippen MR) is 113 cm³/mol. The molecule has 28 heavy (non-hydrogen) atoms. The van der Waals surface area contributed by atoms with E-state index in [1.54, 1.807) is 6.20 Å². The number of nitrogens with zero attached hydrogens (tertiary/aromatic N) is 3. The molecule has 0 aliphatic heterocycles. The van der Waals surface area contributed by atoms with Crippen LogP contribution in [0.3, 0.4) is 0 Å². The van der Waals surface area contributed by atoms with Crippen LogP contribution in [-0.4, -0.2) is 29.6 Å². The van der Waals surface area contributed by atoms with Gasteiger partial charge >= 0.3 is 5.97 Å². The quantitative estimate of drug-likeness (QED) is 0.691. The molecule has 0 saturated carbocycles. The number of methoxy groups -OCH3 is 1. The van der Waals surface area contributed by atoms with Crippen molar-refractivity contribution in [1.82, 2.24) is 9.97 Å². The van der Waals surface area contributed by atoms with Crippen molar-refractivity contribution in [3.63, 3.8) is 0 Å². The molecule has 0 atom stereocenters. The third-order valence-corrected chi connectivity index (χ3v) is 6.09. The molecule has 0 spiro atoms. The zero-order chi connectivity index (χ0) is 20.7. The number of benzene rings is 1. The van der Waals surface area contributed by atoms with Crippen molar-refractivity contribution in [2.45, 2.75) is 65.2 Å². The molecule has 1 aromatic heterocycles. The normalized spacial score (nSPS) is 17.0. The van der Waals surface area contributed by atoms with Crippen LogP contribution in [0.4, 0.5) is 11.5 Å². The fraction of sp³-hybridized carbons (Fsp3) is 0.522. The number of aryl methyl sites for hydroxylation is 1. The second-order valence-electron chi connectivity index (χ2n) is 8.95. The fourth-order valence-corrected chi connectivity index (χ4v) is 4.13. The van der Waals surface area contributed by atoms with E-state index in [4.69, 9.17) is 4.74 Å². The smallest absolute Gasteiger partial charge is 0.358 e. The van der Waals surface area contributed by atoms with E-state index in [9.17, 15) is 4.79 Å². The molecule has 3 rings (SSSR count). The van der Waals surface area contributed by atoms with Crippen molar-refractivity contribution in [2.24, 2.45) is 0 Å². The monoisotopic (exact) mass is 381 g/mol. The van der Waals surface area contributed by atoms with Crippen molar-refractivity contribution in [3.05, 3.63) is 46.9 Å². The van der Waals surface area contributed by atoms with Gasteiger partial charge in [0, 0.05) is 12.2 Å². The molecule has 0 N–H and O–H groups in total. The van der Waals surface area contributed by atoms with E-state index in [0.717, 1.165) is 18.1 Å². The molecule has 0 bridgehead atoms. The Hall–Kier alpha value is -2.43. The number of hydrogen-bond acceptors (Lipinski definition) is 5. The number of aromatic nitrogens is 2. The van der Waals surface area contributed by atoms with E-state index >= 15 is 0 Å². The molecule has 5 nitrogen and oxygen atoms in total. The number of carbonyl (C=O) groups is 1. The lowest BCUT2D eigenvalue weighted by Crippen LogP contribution is -2.34. The number of esters is 1. The first kappa shape index (κ1) is 20.3. The summed E-state index contributed by atoms with van der Waals surface area (Å²) in [4.78, 5) is 22.5. The maximum Gasteiger partial charge on any atom is 0.358 e. The summed E-state index contributed by atoms with van der Waals surface area (Å²) in [5, 5.41) is 0. The lowest BCUT2D eigenvalue weighted by Gasteiger charge is -2.43. The highest BCUT2D eigenvalue weighted by molar-refractivity contribution is 5.86. The molecule has 1 heterocycles. The average Bonchev–Trinajstić information content (AvgIpc) is 2.67. The van der Waals surface area contributed by atoms with E-state index < -0.39 is 5.97 Å². The molecule has 0 radical (unpaired) electrons. The van der Waals surface area contributed by atoms with Crippen LogP contribution in [0.25, 0.3) is 0 Å². The summed E-state index contributed by atoms with van der Waals surface area (Å²) >= 11 is 0. The topological polar surface area (TPSA) is 55.3 Å². The summed E-state index contributed by atoms with van der Waals surface area (Å²) in [6, 6.07) is 4.69. The Balaban J connectivity index is 2.08. The third kappa shape index (κ3) is 3.50. The minimum atomic E-state index is -0.476. The first-order chi connectivity index (χ1) is 13.1. The molecule has 0 fully saturated rings. The molecule has 150 valence electrons. The zero-order valence-corrected chi connectivity index (χ0v) is 18.1. The standard InChI is InChI=1S/C23H31N3O2/c1-8-26(20-14-24-18(13-25-20)21(27)28-7)19-12-17-16(11-15(19)2)22(3,4)9-10-23(17,5)6/h11-14H,8-10H2,1-7H3. The van der Waals surface area contributed by atoms with Crippen LogP contribution >= 0.6 is 0 Å². The number of rotatable bonds is 4. The first-order valence-electron chi connectivity index (χ1n) is 9.94. The van der Waals surface area contributed by atoms with Crippen LogP contribution in [0.5, 0.6) is 0 Å². The maximum absolute atomic E-state index is 11.6. The van der Waals surface area contributed by atoms with Crippen molar-refractivity contribution < 1.29 is 9.53 Å². The number of carbonyl (C=O) groups excluding carboxylic acids is 1. The highest BCUT2D eigenvalue weighted by atomic mass is 16.5. The number of hydrogen-bond donors (Lipinski definition) is 0. The molecule has 0 amide bonds. The summed E-state index contributed by atoms with van der Waals surface area (Å²) < 4.78 is 4.72. The van der Waals surface area contributed by atoms with Gasteiger partial charge in [0.2, 0.25) is 0 Å². The zero-order valence-electron chi connectivity index (χ0n) is 18.1. The predicted octanol–water partition coefficient (Wildman–Crippen LogP) is 5.08. The van der Waals surface area contributed by atoms with Gasteiger partial charge < -0.3 is 9.64 Å². The number of ether oxygens (including phenoxy) is 1. The SMILES string of the molecule is CCN(c1cnc(C(=O)OC)cn1)c1cc2c(cc1C)C(C)(C)CCC2(C)C. The van der Waals surface area contributed by atoms with Gasteiger partial charge in [0.05, 0.1) is 19.5 Å². The minimum absolute atomic E-state index is 0.146. The highest BCUT2D eigenvalue weighted by Crippen LogP contribution is 2.48. The van der Waals surface area contributed by atoms with E-state index in [0.29, 0.717) is 0 Å². The Morgan fingerprint density at radius 2 is 1.68 bits per heavy atom. The van der Waals surface area contributed by atoms with Crippen LogP contribution in [0.1, 0.15) is 74.6 Å². The Kier molecular flexibility index (Phi) is 5.22. The molecule has 5 heteroatoms. The third-order valence-electron chi connectivity index (χ3n) is 6.09. The van der Waals surface area contributed by atoms with Gasteiger partial charge in [-0.15, -0.1) is 0 Å². The lowest BCUT2D eigenvalue weighted by atomic mass is 9.63. The highest BCUT2D eigenvalue weighted by Gasteiger charge is 2.37. The minimum Gasteiger partial charge on any atom is -0.464 e. The van der Waals surface area contributed by atoms with Gasteiger partial charge in [-0.05, 0) is 60.3 Å². The summed E-state index contributed by atoms with van der Waals surface area (Å²) in [6.45, 7) is 14.4. The Bertz CT molecular complexity index is 885. The molecule has 2 aromatic rings. The van der Waals surface area contributed by atoms with Crippen molar-refractivity contribution in [1.29, 1.82) is 0 Å². The second kappa shape index (κ2) is 7.19. The van der Waals surface area contributed by atoms with E-state index in [1.807, 2.05) is 0 Å². The van der Waals surface area contributed by atoms with Crippen LogP contribution in [0, 0.1) is 6.92 Å². The average molecular weight is 382 g/mol. The van der Waals surface area contributed by atoms with Crippen LogP contribution < -0.4 is 4.90 Å². The van der Waals surface area contributed by atoms with Crippen LogP contribution in [0.15, 0.2) is 24.5 Å². The Morgan fingerprint density at radius 3 is 2.18 bits per heavy atom. The van der Waals surface area contributed by atoms with Crippen molar-refractivity contribution in [3.8, 4) is 0 Å². The largest absolute Gasteiger partial charge is 0.464 e. The number of fused-ring (bicyclic) bond motifs is 1. The van der Waals surface area contributed by atoms with E-state index in [2.05, 4.69) is 68.5 Å². The Morgan fingerprint density at radius 1 is 1.07 bits per heavy atom. The molecule has 0 saturated heterocycles. The summed E-state index contributed by atoms with van der Waals surface area (Å²) in [6.07, 6.45) is 5.49. The second-order valence-corrected chi connectivity index (χ2v) is 8.95. The van der Waals surface area contributed by atoms with E-state index in [1.165, 1.54) is 42.8 Å². The van der Waals surface area contributed by atoms with Gasteiger partial charge in [-0.3, -0.25) is 0 Å². The van der Waals surface area contributed by atoms with E-state index in [-0.39, 0.29) is 16.5 Å². The Labute approximate surface area is 168 Å². The van der Waals surface area contributed by atoms with Gasteiger partial charge in [-0.1, -0.05) is 33.8 Å². The summed E-state index contributed by atoms with van der Waals surface area (Å²) in [5.41, 5.74) is 5.79. The van der Waals surface area contributed by atoms with Crippen LogP contribution in [-0.2, 0) is 15.6 Å². The maximum atomic E-state index is 11.6. The molecular formula is C23H31N3O2.